The number of rotatable bonds is 6. The van der Waals surface area contributed by atoms with Gasteiger partial charge in [0.25, 0.3) is 5.22 Å². The zero-order chi connectivity index (χ0) is 17.6. The summed E-state index contributed by atoms with van der Waals surface area (Å²) in [6, 6.07) is 10.9. The zero-order valence-corrected chi connectivity index (χ0v) is 14.9. The van der Waals surface area contributed by atoms with Crippen LogP contribution in [-0.4, -0.2) is 26.8 Å². The molecule has 1 aromatic carbocycles. The molecule has 6 nitrogen and oxygen atoms in total. The van der Waals surface area contributed by atoms with Crippen LogP contribution in [0.5, 0.6) is 0 Å². The normalized spacial score (nSPS) is 11.9. The summed E-state index contributed by atoms with van der Waals surface area (Å²) in [6.07, 6.45) is 3.31. The van der Waals surface area contributed by atoms with Gasteiger partial charge in [-0.3, -0.25) is 9.78 Å². The molecule has 8 heteroatoms. The summed E-state index contributed by atoms with van der Waals surface area (Å²) < 4.78 is 5.53. The molecule has 25 heavy (non-hydrogen) atoms. The standard InChI is InChI=1S/C17H15ClN4O2S/c1-11(13-6-2-3-7-14(13)18)20-15(23)10-25-17-22-21-16(24-17)12-5-4-8-19-9-12/h2-9,11H,10H2,1H3,(H,20,23)/t11-/m1/s1. The quantitative estimate of drug-likeness (QED) is 0.662. The number of nitrogens with one attached hydrogen (secondary N) is 1. The van der Waals surface area contributed by atoms with Crippen LogP contribution in [0, 0.1) is 0 Å². The highest BCUT2D eigenvalue weighted by Gasteiger charge is 2.14. The van der Waals surface area contributed by atoms with Crippen LogP contribution in [0.25, 0.3) is 11.5 Å². The maximum Gasteiger partial charge on any atom is 0.277 e. The maximum absolute atomic E-state index is 12.1. The van der Waals surface area contributed by atoms with Crippen molar-refractivity contribution in [2.75, 3.05) is 5.75 Å². The van der Waals surface area contributed by atoms with Crippen LogP contribution in [0.15, 0.2) is 58.4 Å². The minimum absolute atomic E-state index is 0.140. The summed E-state index contributed by atoms with van der Waals surface area (Å²) in [6.45, 7) is 1.89. The number of pyridine rings is 1. The van der Waals surface area contributed by atoms with Gasteiger partial charge in [-0.2, -0.15) is 0 Å². The average molecular weight is 375 g/mol. The largest absolute Gasteiger partial charge is 0.411 e. The summed E-state index contributed by atoms with van der Waals surface area (Å²) in [5, 5.41) is 11.8. The Morgan fingerprint density at radius 3 is 2.88 bits per heavy atom. The molecule has 0 saturated heterocycles. The zero-order valence-electron chi connectivity index (χ0n) is 13.3. The van der Waals surface area contributed by atoms with Crippen LogP contribution < -0.4 is 5.32 Å². The summed E-state index contributed by atoms with van der Waals surface area (Å²) in [7, 11) is 0. The number of carbonyl (C=O) groups is 1. The first kappa shape index (κ1) is 17.4. The predicted molar refractivity (Wildman–Crippen MR) is 96.3 cm³/mol. The highest BCUT2D eigenvalue weighted by molar-refractivity contribution is 7.99. The van der Waals surface area contributed by atoms with Crippen molar-refractivity contribution < 1.29 is 9.21 Å². The van der Waals surface area contributed by atoms with Gasteiger partial charge < -0.3 is 9.73 Å². The van der Waals surface area contributed by atoms with Gasteiger partial charge in [0.05, 0.1) is 17.4 Å². The van der Waals surface area contributed by atoms with Crippen LogP contribution >= 0.6 is 23.4 Å². The van der Waals surface area contributed by atoms with Gasteiger partial charge in [0.15, 0.2) is 0 Å². The van der Waals surface area contributed by atoms with Crippen molar-refractivity contribution in [1.29, 1.82) is 0 Å². The van der Waals surface area contributed by atoms with E-state index in [9.17, 15) is 4.79 Å². The summed E-state index contributed by atoms with van der Waals surface area (Å²) in [5.74, 6) is 0.405. The number of carbonyl (C=O) groups excluding carboxylic acids is 1. The molecule has 128 valence electrons. The highest BCUT2D eigenvalue weighted by Crippen LogP contribution is 2.24. The lowest BCUT2D eigenvalue weighted by Crippen LogP contribution is -2.28. The van der Waals surface area contributed by atoms with E-state index in [1.807, 2.05) is 31.2 Å². The Hall–Kier alpha value is -2.38. The summed E-state index contributed by atoms with van der Waals surface area (Å²) in [4.78, 5) is 16.1. The van der Waals surface area contributed by atoms with Crippen LogP contribution in [0.1, 0.15) is 18.5 Å². The van der Waals surface area contributed by atoms with Gasteiger partial charge in [-0.15, -0.1) is 10.2 Å². The fourth-order valence-electron chi connectivity index (χ4n) is 2.19. The Balaban J connectivity index is 1.54. The molecule has 1 atom stereocenters. The molecule has 0 aliphatic rings. The molecule has 1 N–H and O–H groups in total. The minimum Gasteiger partial charge on any atom is -0.411 e. The molecule has 0 aliphatic heterocycles. The lowest BCUT2D eigenvalue weighted by Gasteiger charge is -2.15. The molecule has 0 spiro atoms. The molecule has 0 radical (unpaired) electrons. The fourth-order valence-corrected chi connectivity index (χ4v) is 3.06. The molecule has 3 rings (SSSR count). The second-order valence-electron chi connectivity index (χ2n) is 5.21. The first-order valence-corrected chi connectivity index (χ1v) is 8.90. The van der Waals surface area contributed by atoms with Gasteiger partial charge in [-0.05, 0) is 30.7 Å². The van der Waals surface area contributed by atoms with E-state index in [0.717, 1.165) is 11.1 Å². The lowest BCUT2D eigenvalue weighted by atomic mass is 10.1. The van der Waals surface area contributed by atoms with Gasteiger partial charge in [0, 0.05) is 17.4 Å². The van der Waals surface area contributed by atoms with E-state index in [-0.39, 0.29) is 17.7 Å². The molecule has 2 heterocycles. The smallest absolute Gasteiger partial charge is 0.277 e. The predicted octanol–water partition coefficient (Wildman–Crippen LogP) is 3.75. The Labute approximate surface area is 154 Å². The number of thioether (sulfide) groups is 1. The van der Waals surface area contributed by atoms with Gasteiger partial charge >= 0.3 is 0 Å². The first-order chi connectivity index (χ1) is 12.1. The van der Waals surface area contributed by atoms with E-state index in [1.165, 1.54) is 11.8 Å². The monoisotopic (exact) mass is 374 g/mol. The average Bonchev–Trinajstić information content (AvgIpc) is 3.10. The molecular formula is C17H15ClN4O2S. The Morgan fingerprint density at radius 2 is 2.12 bits per heavy atom. The molecule has 2 aromatic heterocycles. The second-order valence-corrected chi connectivity index (χ2v) is 6.55. The number of benzene rings is 1. The summed E-state index contributed by atoms with van der Waals surface area (Å²) >= 11 is 7.32. The van der Waals surface area contributed by atoms with E-state index >= 15 is 0 Å². The van der Waals surface area contributed by atoms with Crippen LogP contribution in [-0.2, 0) is 4.79 Å². The number of nitrogens with zero attached hydrogens (tertiary/aromatic N) is 3. The Kier molecular flexibility index (Phi) is 5.67. The number of hydrogen-bond acceptors (Lipinski definition) is 6. The minimum atomic E-state index is -0.185. The van der Waals surface area contributed by atoms with E-state index in [2.05, 4.69) is 20.5 Å². The van der Waals surface area contributed by atoms with E-state index in [4.69, 9.17) is 16.0 Å². The van der Waals surface area contributed by atoms with Crippen LogP contribution in [0.2, 0.25) is 5.02 Å². The second kappa shape index (κ2) is 8.13. The molecule has 0 aliphatic carbocycles. The van der Waals surface area contributed by atoms with Crippen molar-refractivity contribution in [3.8, 4) is 11.5 Å². The molecule has 0 unspecified atom stereocenters. The number of amides is 1. The van der Waals surface area contributed by atoms with Crippen molar-refractivity contribution in [2.24, 2.45) is 0 Å². The van der Waals surface area contributed by atoms with Gasteiger partial charge in [-0.1, -0.05) is 41.6 Å². The lowest BCUT2D eigenvalue weighted by molar-refractivity contribution is -0.119. The van der Waals surface area contributed by atoms with Gasteiger partial charge in [-0.25, -0.2) is 0 Å². The molecule has 1 amide bonds. The third-order valence-electron chi connectivity index (χ3n) is 3.39. The maximum atomic E-state index is 12.1. The molecule has 0 fully saturated rings. The highest BCUT2D eigenvalue weighted by atomic mass is 35.5. The molecule has 0 saturated carbocycles. The van der Waals surface area contributed by atoms with Crippen molar-refractivity contribution >= 4 is 29.3 Å². The SMILES string of the molecule is C[C@@H](NC(=O)CSc1nnc(-c2cccnc2)o1)c1ccccc1Cl. The van der Waals surface area contributed by atoms with Crippen molar-refractivity contribution in [1.82, 2.24) is 20.5 Å². The van der Waals surface area contributed by atoms with Gasteiger partial charge in [0.2, 0.25) is 11.8 Å². The van der Waals surface area contributed by atoms with E-state index in [0.29, 0.717) is 16.1 Å². The summed E-state index contributed by atoms with van der Waals surface area (Å²) in [5.41, 5.74) is 1.61. The third kappa shape index (κ3) is 4.58. The van der Waals surface area contributed by atoms with E-state index in [1.54, 1.807) is 24.5 Å². The van der Waals surface area contributed by atoms with Crippen molar-refractivity contribution in [3.05, 3.63) is 59.4 Å². The fraction of sp³-hybridized carbons (Fsp3) is 0.176. The molecule has 3 aromatic rings. The van der Waals surface area contributed by atoms with Crippen molar-refractivity contribution in [3.63, 3.8) is 0 Å². The number of aromatic nitrogens is 3. The van der Waals surface area contributed by atoms with Gasteiger partial charge in [0.1, 0.15) is 0 Å². The number of hydrogen-bond donors (Lipinski definition) is 1. The Bertz CT molecular complexity index is 857. The van der Waals surface area contributed by atoms with Crippen LogP contribution in [0.4, 0.5) is 0 Å². The Morgan fingerprint density at radius 1 is 1.28 bits per heavy atom. The van der Waals surface area contributed by atoms with Crippen molar-refractivity contribution in [2.45, 2.75) is 18.2 Å². The van der Waals surface area contributed by atoms with E-state index < -0.39 is 0 Å². The topological polar surface area (TPSA) is 80.9 Å². The third-order valence-corrected chi connectivity index (χ3v) is 4.55. The molecule has 0 bridgehead atoms. The molecular weight excluding hydrogens is 360 g/mol. The first-order valence-electron chi connectivity index (χ1n) is 7.54. The van der Waals surface area contributed by atoms with Crippen LogP contribution in [0.3, 0.4) is 0 Å². The number of halogens is 1.